The van der Waals surface area contributed by atoms with Gasteiger partial charge in [-0.05, 0) is 62.9 Å². The topological polar surface area (TPSA) is 21.6 Å². The molecule has 0 radical (unpaired) electrons. The minimum absolute atomic E-state index is 0.256. The number of benzene rings is 3. The molecule has 0 spiro atoms. The van der Waals surface area contributed by atoms with Crippen molar-refractivity contribution in [2.24, 2.45) is 10.9 Å². The van der Waals surface area contributed by atoms with Crippen LogP contribution in [0.5, 0.6) is 0 Å². The van der Waals surface area contributed by atoms with Gasteiger partial charge in [-0.3, -0.25) is 0 Å². The Balaban J connectivity index is 1.47. The molecule has 1 aliphatic heterocycles. The fourth-order valence-electron chi connectivity index (χ4n) is 5.19. The number of aliphatic imine (C=N–C) groups is 1. The highest BCUT2D eigenvalue weighted by Crippen LogP contribution is 2.51. The summed E-state index contributed by atoms with van der Waals surface area (Å²) in [5.74, 6) is 1.43. The van der Waals surface area contributed by atoms with Crippen molar-refractivity contribution in [3.05, 3.63) is 95.6 Å². The molecule has 3 aromatic rings. The van der Waals surface area contributed by atoms with Gasteiger partial charge in [-0.1, -0.05) is 84.8 Å². The molecule has 3 heteroatoms. The van der Waals surface area contributed by atoms with Crippen molar-refractivity contribution in [2.75, 3.05) is 0 Å². The Morgan fingerprint density at radius 2 is 1.58 bits per heavy atom. The van der Waals surface area contributed by atoms with Crippen LogP contribution in [-0.4, -0.2) is 17.6 Å². The molecule has 0 saturated heterocycles. The summed E-state index contributed by atoms with van der Waals surface area (Å²) < 4.78 is 6.03. The van der Waals surface area contributed by atoms with Crippen LogP contribution in [0, 0.1) is 12.8 Å². The first-order valence-electron chi connectivity index (χ1n) is 11.4. The van der Waals surface area contributed by atoms with Gasteiger partial charge in [0, 0.05) is 11.1 Å². The molecule has 0 aromatic heterocycles. The molecule has 1 heterocycles. The molecular formula is C28H30NOP. The first-order chi connectivity index (χ1) is 15.2. The zero-order valence-corrected chi connectivity index (χ0v) is 19.3. The molecule has 0 bridgehead atoms. The van der Waals surface area contributed by atoms with Crippen molar-refractivity contribution in [1.82, 2.24) is 0 Å². The molecule has 3 aromatic carbocycles. The van der Waals surface area contributed by atoms with Crippen LogP contribution in [0.1, 0.15) is 42.9 Å². The third-order valence-electron chi connectivity index (χ3n) is 6.73. The van der Waals surface area contributed by atoms with Crippen LogP contribution in [0.2, 0.25) is 0 Å². The van der Waals surface area contributed by atoms with Crippen LogP contribution in [0.25, 0.3) is 0 Å². The zero-order chi connectivity index (χ0) is 21.2. The molecule has 2 aliphatic rings. The summed E-state index contributed by atoms with van der Waals surface area (Å²) in [7, 11) is -0.409. The third kappa shape index (κ3) is 4.19. The van der Waals surface area contributed by atoms with Crippen LogP contribution in [0.3, 0.4) is 0 Å². The Hall–Kier alpha value is -2.44. The Bertz CT molecular complexity index is 1020. The number of rotatable bonds is 5. The smallest absolute Gasteiger partial charge is 0.217 e. The van der Waals surface area contributed by atoms with E-state index in [-0.39, 0.29) is 6.04 Å². The lowest BCUT2D eigenvalue weighted by Crippen LogP contribution is -2.30. The summed E-state index contributed by atoms with van der Waals surface area (Å²) in [6, 6.07) is 29.1. The van der Waals surface area contributed by atoms with Crippen LogP contribution in [-0.2, 0) is 11.3 Å². The number of fused-ring (bicyclic) bond motifs is 1. The van der Waals surface area contributed by atoms with E-state index in [0.29, 0.717) is 18.2 Å². The molecular weight excluding hydrogens is 397 g/mol. The van der Waals surface area contributed by atoms with E-state index in [1.54, 1.807) is 0 Å². The molecule has 5 rings (SSSR count). The van der Waals surface area contributed by atoms with E-state index in [0.717, 1.165) is 5.90 Å². The maximum absolute atomic E-state index is 6.03. The van der Waals surface area contributed by atoms with Crippen LogP contribution >= 0.6 is 7.92 Å². The largest absolute Gasteiger partial charge is 0.473 e. The molecule has 1 aliphatic carbocycles. The van der Waals surface area contributed by atoms with E-state index >= 15 is 0 Å². The predicted molar refractivity (Wildman–Crippen MR) is 132 cm³/mol. The average molecular weight is 428 g/mol. The second kappa shape index (κ2) is 8.97. The Kier molecular flexibility index (Phi) is 5.92. The van der Waals surface area contributed by atoms with Gasteiger partial charge >= 0.3 is 0 Å². The van der Waals surface area contributed by atoms with Gasteiger partial charge in [0.15, 0.2) is 0 Å². The van der Waals surface area contributed by atoms with Crippen molar-refractivity contribution in [1.29, 1.82) is 0 Å². The van der Waals surface area contributed by atoms with Crippen LogP contribution in [0.15, 0.2) is 83.9 Å². The van der Waals surface area contributed by atoms with Gasteiger partial charge in [0.25, 0.3) is 0 Å². The molecule has 0 amide bonds. The number of hydrogen-bond donors (Lipinski definition) is 0. The second-order valence-corrected chi connectivity index (χ2v) is 11.3. The molecule has 2 nitrogen and oxygen atoms in total. The molecule has 0 N–H and O–H groups in total. The van der Waals surface area contributed by atoms with E-state index in [4.69, 9.17) is 9.73 Å². The summed E-state index contributed by atoms with van der Waals surface area (Å²) in [4.78, 5) is 5.17. The van der Waals surface area contributed by atoms with E-state index in [2.05, 4.69) is 92.7 Å². The molecule has 3 atom stereocenters. The Morgan fingerprint density at radius 1 is 0.903 bits per heavy atom. The van der Waals surface area contributed by atoms with Crippen molar-refractivity contribution in [2.45, 2.75) is 51.4 Å². The third-order valence-corrected chi connectivity index (χ3v) is 9.75. The van der Waals surface area contributed by atoms with E-state index < -0.39 is 7.92 Å². The fourth-order valence-corrected chi connectivity index (χ4v) is 8.46. The fraction of sp³-hybridized carbons (Fsp3) is 0.321. The molecule has 158 valence electrons. The molecule has 1 fully saturated rings. The highest BCUT2D eigenvalue weighted by atomic mass is 31.1. The normalized spacial score (nSPS) is 22.5. The summed E-state index contributed by atoms with van der Waals surface area (Å²) in [5, 5.41) is 2.97. The van der Waals surface area contributed by atoms with E-state index in [1.165, 1.54) is 46.6 Å². The maximum Gasteiger partial charge on any atom is 0.217 e. The summed E-state index contributed by atoms with van der Waals surface area (Å²) >= 11 is 0. The predicted octanol–water partition coefficient (Wildman–Crippen LogP) is 5.96. The van der Waals surface area contributed by atoms with E-state index in [9.17, 15) is 0 Å². The van der Waals surface area contributed by atoms with Gasteiger partial charge in [-0.25, -0.2) is 4.99 Å². The SMILES string of the molecule is Cc1ccc2c(c1)C(=N[C@H](C)C1CCCC1P(c1ccccc1)c1ccccc1)OC2. The number of nitrogens with zero attached hydrogens (tertiary/aromatic N) is 1. The van der Waals surface area contributed by atoms with Gasteiger partial charge in [0.2, 0.25) is 5.90 Å². The van der Waals surface area contributed by atoms with Crippen molar-refractivity contribution < 1.29 is 4.74 Å². The number of hydrogen-bond acceptors (Lipinski definition) is 2. The first-order valence-corrected chi connectivity index (χ1v) is 12.8. The quantitative estimate of drug-likeness (QED) is 0.460. The lowest BCUT2D eigenvalue weighted by molar-refractivity contribution is 0.307. The van der Waals surface area contributed by atoms with Gasteiger partial charge in [-0.2, -0.15) is 0 Å². The van der Waals surface area contributed by atoms with Crippen molar-refractivity contribution >= 4 is 24.4 Å². The maximum atomic E-state index is 6.03. The minimum atomic E-state index is -0.409. The number of aryl methyl sites for hydroxylation is 1. The van der Waals surface area contributed by atoms with Crippen LogP contribution in [0.4, 0.5) is 0 Å². The van der Waals surface area contributed by atoms with Gasteiger partial charge in [-0.15, -0.1) is 0 Å². The summed E-state index contributed by atoms with van der Waals surface area (Å²) in [6.07, 6.45) is 3.83. The van der Waals surface area contributed by atoms with Crippen molar-refractivity contribution in [3.63, 3.8) is 0 Å². The number of ether oxygens (including phenoxy) is 1. The van der Waals surface area contributed by atoms with Crippen LogP contribution < -0.4 is 10.6 Å². The van der Waals surface area contributed by atoms with E-state index in [1.807, 2.05) is 0 Å². The highest BCUT2D eigenvalue weighted by molar-refractivity contribution is 7.73. The summed E-state index contributed by atoms with van der Waals surface area (Å²) in [5.41, 5.74) is 4.36. The lowest BCUT2D eigenvalue weighted by Gasteiger charge is -2.32. The zero-order valence-electron chi connectivity index (χ0n) is 18.4. The van der Waals surface area contributed by atoms with Crippen molar-refractivity contribution in [3.8, 4) is 0 Å². The molecule has 31 heavy (non-hydrogen) atoms. The standard InChI is InChI=1S/C28H30NOP/c1-20-16-17-22-19-30-28(26(22)18-20)29-21(2)25-14-9-15-27(25)31(23-10-5-3-6-11-23)24-12-7-4-8-13-24/h3-8,10-13,16-18,21,25,27H,9,14-15,19H2,1-2H3/t21-,25?,27?/m1/s1. The minimum Gasteiger partial charge on any atom is -0.473 e. The monoisotopic (exact) mass is 427 g/mol. The van der Waals surface area contributed by atoms with Gasteiger partial charge in [0.1, 0.15) is 6.61 Å². The van der Waals surface area contributed by atoms with Gasteiger partial charge < -0.3 is 4.74 Å². The average Bonchev–Trinajstić information content (AvgIpc) is 3.43. The second-order valence-electron chi connectivity index (χ2n) is 8.83. The Labute approximate surface area is 187 Å². The summed E-state index contributed by atoms with van der Waals surface area (Å²) in [6.45, 7) is 5.09. The lowest BCUT2D eigenvalue weighted by atomic mass is 9.99. The first kappa shape index (κ1) is 20.5. The molecule has 2 unspecified atom stereocenters. The highest BCUT2D eigenvalue weighted by Gasteiger charge is 2.38. The molecule has 1 saturated carbocycles. The van der Waals surface area contributed by atoms with Gasteiger partial charge in [0.05, 0.1) is 6.04 Å². The Morgan fingerprint density at radius 3 is 2.26 bits per heavy atom.